The first-order valence-corrected chi connectivity index (χ1v) is 6.86. The van der Waals surface area contributed by atoms with E-state index in [-0.39, 0.29) is 0 Å². The van der Waals surface area contributed by atoms with Crippen LogP contribution in [0.3, 0.4) is 0 Å². The molecule has 0 N–H and O–H groups in total. The Morgan fingerprint density at radius 1 is 1.14 bits per heavy atom. The minimum atomic E-state index is 0.340. The van der Waals surface area contributed by atoms with Gasteiger partial charge in [-0.3, -0.25) is 0 Å². The maximum atomic E-state index is 5.18. The Balaban J connectivity index is 2.28. The molecule has 22 heavy (non-hydrogen) atoms. The van der Waals surface area contributed by atoms with Crippen LogP contribution >= 0.6 is 0 Å². The van der Waals surface area contributed by atoms with Crippen LogP contribution in [0.2, 0.25) is 0 Å². The summed E-state index contributed by atoms with van der Waals surface area (Å²) in [5, 5.41) is 4.09. The quantitative estimate of drug-likeness (QED) is 0.277. The molecule has 0 unspecified atom stereocenters. The van der Waals surface area contributed by atoms with Crippen LogP contribution in [-0.2, 0) is 4.84 Å². The van der Waals surface area contributed by atoms with Gasteiger partial charge in [0.15, 0.2) is 5.71 Å². The van der Waals surface area contributed by atoms with Gasteiger partial charge in [0.05, 0.1) is 7.11 Å². The van der Waals surface area contributed by atoms with Crippen molar-refractivity contribution in [1.82, 2.24) is 0 Å². The highest BCUT2D eigenvalue weighted by molar-refractivity contribution is 6.13. The van der Waals surface area contributed by atoms with Crippen LogP contribution in [0.1, 0.15) is 11.1 Å². The van der Waals surface area contributed by atoms with E-state index in [1.807, 2.05) is 54.6 Å². The van der Waals surface area contributed by atoms with Gasteiger partial charge in [0.25, 0.3) is 0 Å². The zero-order chi connectivity index (χ0) is 15.6. The highest BCUT2D eigenvalue weighted by Gasteiger charge is 2.02. The largest absolute Gasteiger partial charge is 0.497 e. The molecule has 0 aliphatic carbocycles. The maximum absolute atomic E-state index is 5.18. The van der Waals surface area contributed by atoms with Crippen molar-refractivity contribution < 1.29 is 9.57 Å². The molecule has 2 aromatic rings. The summed E-state index contributed by atoms with van der Waals surface area (Å²) in [6.07, 6.45) is 1.64. The highest BCUT2D eigenvalue weighted by atomic mass is 16.6. The van der Waals surface area contributed by atoms with Gasteiger partial charge in [-0.1, -0.05) is 41.9 Å². The van der Waals surface area contributed by atoms with Gasteiger partial charge in [0, 0.05) is 11.1 Å². The Labute approximate surface area is 130 Å². The molecule has 0 amide bonds. The van der Waals surface area contributed by atoms with Crippen molar-refractivity contribution in [2.24, 2.45) is 5.16 Å². The Kier molecular flexibility index (Phi) is 5.83. The van der Waals surface area contributed by atoms with E-state index in [0.29, 0.717) is 12.3 Å². The molecule has 3 nitrogen and oxygen atoms in total. The van der Waals surface area contributed by atoms with Crippen LogP contribution in [-0.4, -0.2) is 19.4 Å². The lowest BCUT2D eigenvalue weighted by atomic mass is 10.1. The van der Waals surface area contributed by atoms with E-state index in [2.05, 4.69) is 23.6 Å². The molecule has 3 heteroatoms. The summed E-state index contributed by atoms with van der Waals surface area (Å²) in [5.74, 6) is 6.91. The number of hydrogen-bond donors (Lipinski definition) is 0. The van der Waals surface area contributed by atoms with Gasteiger partial charge in [-0.2, -0.15) is 0 Å². The Bertz CT molecular complexity index is 692. The summed E-state index contributed by atoms with van der Waals surface area (Å²) < 4.78 is 5.16. The van der Waals surface area contributed by atoms with Crippen LogP contribution in [0.4, 0.5) is 0 Å². The lowest BCUT2D eigenvalue weighted by molar-refractivity contribution is 0.175. The molecule has 0 radical (unpaired) electrons. The summed E-state index contributed by atoms with van der Waals surface area (Å²) >= 11 is 0. The molecule has 0 saturated heterocycles. The fourth-order valence-corrected chi connectivity index (χ4v) is 1.70. The van der Waals surface area contributed by atoms with Crippen molar-refractivity contribution in [2.75, 3.05) is 13.7 Å². The number of rotatable bonds is 5. The Hall–Kier alpha value is -2.99. The molecule has 2 rings (SSSR count). The predicted molar refractivity (Wildman–Crippen MR) is 89.0 cm³/mol. The topological polar surface area (TPSA) is 30.8 Å². The number of ether oxygens (including phenoxy) is 1. The van der Waals surface area contributed by atoms with E-state index >= 15 is 0 Å². The predicted octanol–water partition coefficient (Wildman–Crippen LogP) is 3.65. The van der Waals surface area contributed by atoms with Crippen LogP contribution in [0.15, 0.2) is 72.4 Å². The van der Waals surface area contributed by atoms with E-state index in [1.54, 1.807) is 13.2 Å². The fourth-order valence-electron chi connectivity index (χ4n) is 1.70. The average Bonchev–Trinajstić information content (AvgIpc) is 2.59. The standard InChI is InChI=1S/C19H17NO2/c1-3-15-22-20-19(14-9-16-7-5-4-6-8-16)17-10-12-18(21-2)13-11-17/h3-8,10-13H,1,15H2,2H3/b20-19+. The summed E-state index contributed by atoms with van der Waals surface area (Å²) in [6, 6.07) is 17.3. The number of methoxy groups -OCH3 is 1. The van der Waals surface area contributed by atoms with Gasteiger partial charge in [-0.25, -0.2) is 0 Å². The van der Waals surface area contributed by atoms with Crippen LogP contribution < -0.4 is 4.74 Å². The SMILES string of the molecule is C=CCO/N=C(\C#Cc1ccccc1)c1ccc(OC)cc1. The second-order valence-corrected chi connectivity index (χ2v) is 4.37. The summed E-state index contributed by atoms with van der Waals surface area (Å²) in [6.45, 7) is 3.94. The first kappa shape index (κ1) is 15.4. The van der Waals surface area contributed by atoms with E-state index < -0.39 is 0 Å². The minimum absolute atomic E-state index is 0.340. The maximum Gasteiger partial charge on any atom is 0.160 e. The normalized spacial score (nSPS) is 10.3. The summed E-state index contributed by atoms with van der Waals surface area (Å²) in [7, 11) is 1.63. The zero-order valence-corrected chi connectivity index (χ0v) is 12.5. The van der Waals surface area contributed by atoms with E-state index in [0.717, 1.165) is 16.9 Å². The van der Waals surface area contributed by atoms with Crippen LogP contribution in [0.5, 0.6) is 5.75 Å². The zero-order valence-electron chi connectivity index (χ0n) is 12.5. The van der Waals surface area contributed by atoms with Crippen LogP contribution in [0.25, 0.3) is 0 Å². The minimum Gasteiger partial charge on any atom is -0.497 e. The van der Waals surface area contributed by atoms with Crippen molar-refractivity contribution >= 4 is 5.71 Å². The van der Waals surface area contributed by atoms with Gasteiger partial charge in [-0.05, 0) is 42.3 Å². The fraction of sp³-hybridized carbons (Fsp3) is 0.105. The molecule has 0 heterocycles. The molecule has 0 bridgehead atoms. The molecule has 2 aromatic carbocycles. The molecule has 110 valence electrons. The molecule has 0 spiro atoms. The third kappa shape index (κ3) is 4.53. The Morgan fingerprint density at radius 3 is 2.50 bits per heavy atom. The van der Waals surface area contributed by atoms with Crippen molar-refractivity contribution in [3.05, 3.63) is 78.4 Å². The molecular formula is C19H17NO2. The monoisotopic (exact) mass is 291 g/mol. The van der Waals surface area contributed by atoms with E-state index in [1.165, 1.54) is 0 Å². The first-order valence-electron chi connectivity index (χ1n) is 6.86. The molecule has 0 aliphatic rings. The molecule has 0 atom stereocenters. The number of hydrogen-bond acceptors (Lipinski definition) is 3. The second kappa shape index (κ2) is 8.33. The van der Waals surface area contributed by atoms with E-state index in [4.69, 9.17) is 9.57 Å². The smallest absolute Gasteiger partial charge is 0.160 e. The van der Waals surface area contributed by atoms with Crippen molar-refractivity contribution in [3.63, 3.8) is 0 Å². The van der Waals surface area contributed by atoms with Gasteiger partial charge in [0.2, 0.25) is 0 Å². The van der Waals surface area contributed by atoms with E-state index in [9.17, 15) is 0 Å². The lowest BCUT2D eigenvalue weighted by Gasteiger charge is -2.02. The third-order valence-electron chi connectivity index (χ3n) is 2.81. The molecule has 0 fully saturated rings. The molecule has 0 aromatic heterocycles. The first-order chi connectivity index (χ1) is 10.8. The number of nitrogens with zero attached hydrogens (tertiary/aromatic N) is 1. The number of oxime groups is 1. The van der Waals surface area contributed by atoms with Gasteiger partial charge in [-0.15, -0.1) is 0 Å². The third-order valence-corrected chi connectivity index (χ3v) is 2.81. The average molecular weight is 291 g/mol. The molecular weight excluding hydrogens is 274 g/mol. The van der Waals surface area contributed by atoms with Gasteiger partial charge in [0.1, 0.15) is 12.4 Å². The van der Waals surface area contributed by atoms with Crippen molar-refractivity contribution in [1.29, 1.82) is 0 Å². The van der Waals surface area contributed by atoms with Gasteiger partial charge >= 0.3 is 0 Å². The Morgan fingerprint density at radius 2 is 1.86 bits per heavy atom. The summed E-state index contributed by atoms with van der Waals surface area (Å²) in [4.78, 5) is 5.18. The number of benzene rings is 2. The summed E-state index contributed by atoms with van der Waals surface area (Å²) in [5.41, 5.74) is 2.36. The van der Waals surface area contributed by atoms with Gasteiger partial charge < -0.3 is 9.57 Å². The molecule has 0 saturated carbocycles. The van der Waals surface area contributed by atoms with Crippen molar-refractivity contribution in [3.8, 4) is 17.6 Å². The highest BCUT2D eigenvalue weighted by Crippen LogP contribution is 2.12. The second-order valence-electron chi connectivity index (χ2n) is 4.37. The van der Waals surface area contributed by atoms with Crippen LogP contribution in [0, 0.1) is 11.8 Å². The molecule has 0 aliphatic heterocycles. The van der Waals surface area contributed by atoms with Crippen molar-refractivity contribution in [2.45, 2.75) is 0 Å². The lowest BCUT2D eigenvalue weighted by Crippen LogP contribution is -2.00.